The lowest BCUT2D eigenvalue weighted by Gasteiger charge is -2.14. The minimum atomic E-state index is -4.89. The van der Waals surface area contributed by atoms with Crippen molar-refractivity contribution in [2.75, 3.05) is 7.11 Å². The molecule has 1 rings (SSSR count). The molecule has 0 radical (unpaired) electrons. The molecular weight excluding hydrogens is 290 g/mol. The maximum Gasteiger partial charge on any atom is 0.416 e. The highest BCUT2D eigenvalue weighted by Crippen LogP contribution is 2.36. The van der Waals surface area contributed by atoms with Crippen molar-refractivity contribution in [3.63, 3.8) is 0 Å². The number of rotatable bonds is 3. The van der Waals surface area contributed by atoms with Crippen LogP contribution in [0.1, 0.15) is 23.1 Å². The van der Waals surface area contributed by atoms with Gasteiger partial charge in [0.15, 0.2) is 0 Å². The lowest BCUT2D eigenvalue weighted by molar-refractivity contribution is -0.143. The fourth-order valence-corrected chi connectivity index (χ4v) is 1.51. The quantitative estimate of drug-likeness (QED) is 0.626. The lowest BCUT2D eigenvalue weighted by Crippen LogP contribution is -2.12. The first-order valence-corrected chi connectivity index (χ1v) is 5.39. The highest BCUT2D eigenvalue weighted by atomic mass is 19.4. The van der Waals surface area contributed by atoms with E-state index in [9.17, 15) is 31.1 Å². The van der Waals surface area contributed by atoms with E-state index in [0.717, 1.165) is 7.11 Å². The van der Waals surface area contributed by atoms with Crippen LogP contribution in [-0.4, -0.2) is 13.1 Å². The minimum absolute atomic E-state index is 0.0433. The molecule has 0 fully saturated rings. The van der Waals surface area contributed by atoms with Gasteiger partial charge >= 0.3 is 18.3 Å². The van der Waals surface area contributed by atoms with Gasteiger partial charge in [0.1, 0.15) is 0 Å². The number of methoxy groups -OCH3 is 1. The number of hydrogen-bond acceptors (Lipinski definition) is 2. The first-order valence-electron chi connectivity index (χ1n) is 5.39. The number of esters is 1. The fourth-order valence-electron chi connectivity index (χ4n) is 1.51. The zero-order chi connectivity index (χ0) is 15.6. The number of halogens is 6. The largest absolute Gasteiger partial charge is 0.469 e. The van der Waals surface area contributed by atoms with Crippen molar-refractivity contribution in [1.29, 1.82) is 0 Å². The summed E-state index contributed by atoms with van der Waals surface area (Å²) in [5.74, 6) is -0.712. The molecule has 0 heterocycles. The molecule has 0 bridgehead atoms. The van der Waals surface area contributed by atoms with E-state index < -0.39 is 29.4 Å². The van der Waals surface area contributed by atoms with Crippen molar-refractivity contribution in [1.82, 2.24) is 0 Å². The maximum absolute atomic E-state index is 12.5. The van der Waals surface area contributed by atoms with E-state index in [2.05, 4.69) is 4.74 Å². The molecule has 0 aliphatic rings. The summed E-state index contributed by atoms with van der Waals surface area (Å²) in [4.78, 5) is 10.9. The van der Waals surface area contributed by atoms with Gasteiger partial charge in [0, 0.05) is 6.42 Å². The van der Waals surface area contributed by atoms with E-state index in [1.807, 2.05) is 0 Å². The van der Waals surface area contributed by atoms with Crippen LogP contribution in [0.3, 0.4) is 0 Å². The van der Waals surface area contributed by atoms with Gasteiger partial charge in [-0.3, -0.25) is 4.79 Å². The molecule has 0 unspecified atom stereocenters. The normalized spacial score (nSPS) is 12.3. The molecule has 0 N–H and O–H groups in total. The molecule has 0 amide bonds. The standard InChI is InChI=1S/C12H10F6O2/c1-20-10(19)3-2-7-4-8(11(13,14)15)6-9(5-7)12(16,17)18/h4-6H,2-3H2,1H3. The molecule has 0 aromatic heterocycles. The summed E-state index contributed by atoms with van der Waals surface area (Å²) in [7, 11) is 1.08. The van der Waals surface area contributed by atoms with Gasteiger partial charge in [-0.25, -0.2) is 0 Å². The second-order valence-electron chi connectivity index (χ2n) is 3.99. The Hall–Kier alpha value is -1.73. The topological polar surface area (TPSA) is 26.3 Å². The molecule has 1 aromatic carbocycles. The third-order valence-corrected chi connectivity index (χ3v) is 2.49. The number of aryl methyl sites for hydroxylation is 1. The highest BCUT2D eigenvalue weighted by Gasteiger charge is 2.36. The molecule has 0 aliphatic carbocycles. The third-order valence-electron chi connectivity index (χ3n) is 2.49. The minimum Gasteiger partial charge on any atom is -0.469 e. The Labute approximate surface area is 110 Å². The summed E-state index contributed by atoms with van der Waals surface area (Å²) in [5.41, 5.74) is -3.02. The van der Waals surface area contributed by atoms with Gasteiger partial charge < -0.3 is 4.74 Å². The Kier molecular flexibility index (Phi) is 4.67. The average Bonchev–Trinajstić information content (AvgIpc) is 2.33. The van der Waals surface area contributed by atoms with Crippen LogP contribution in [0.25, 0.3) is 0 Å². The van der Waals surface area contributed by atoms with Gasteiger partial charge in [-0.1, -0.05) is 0 Å². The van der Waals surface area contributed by atoms with E-state index in [-0.39, 0.29) is 24.5 Å². The van der Waals surface area contributed by atoms with Crippen molar-refractivity contribution >= 4 is 5.97 Å². The Morgan fingerprint density at radius 1 is 1.00 bits per heavy atom. The predicted molar refractivity (Wildman–Crippen MR) is 56.8 cm³/mol. The van der Waals surface area contributed by atoms with Crippen LogP contribution in [0.2, 0.25) is 0 Å². The smallest absolute Gasteiger partial charge is 0.416 e. The maximum atomic E-state index is 12.5. The third kappa shape index (κ3) is 4.43. The molecule has 112 valence electrons. The molecule has 8 heteroatoms. The molecule has 0 saturated carbocycles. The van der Waals surface area contributed by atoms with Crippen LogP contribution in [0, 0.1) is 0 Å². The zero-order valence-corrected chi connectivity index (χ0v) is 10.2. The van der Waals surface area contributed by atoms with Gasteiger partial charge in [0.25, 0.3) is 0 Å². The lowest BCUT2D eigenvalue weighted by atomic mass is 10.0. The number of benzene rings is 1. The summed E-state index contributed by atoms with van der Waals surface area (Å²) in [6.07, 6.45) is -10.3. The van der Waals surface area contributed by atoms with Crippen LogP contribution >= 0.6 is 0 Å². The molecule has 0 atom stereocenters. The molecule has 0 aliphatic heterocycles. The fraction of sp³-hybridized carbons (Fsp3) is 0.417. The molecular formula is C12H10F6O2. The monoisotopic (exact) mass is 300 g/mol. The summed E-state index contributed by atoms with van der Waals surface area (Å²) in [6, 6.07) is 1.23. The SMILES string of the molecule is COC(=O)CCc1cc(C(F)(F)F)cc(C(F)(F)F)c1. The van der Waals surface area contributed by atoms with E-state index in [1.165, 1.54) is 0 Å². The second-order valence-corrected chi connectivity index (χ2v) is 3.99. The van der Waals surface area contributed by atoms with Gasteiger partial charge in [-0.2, -0.15) is 26.3 Å². The molecule has 0 spiro atoms. The summed E-state index contributed by atoms with van der Waals surface area (Å²) in [5, 5.41) is 0. The van der Waals surface area contributed by atoms with E-state index in [4.69, 9.17) is 0 Å². The Bertz CT molecular complexity index is 457. The van der Waals surface area contributed by atoms with Crippen LogP contribution in [0.4, 0.5) is 26.3 Å². The Morgan fingerprint density at radius 3 is 1.80 bits per heavy atom. The van der Waals surface area contributed by atoms with Crippen LogP contribution < -0.4 is 0 Å². The second kappa shape index (κ2) is 5.72. The number of carbonyl (C=O) groups excluding carboxylic acids is 1. The Morgan fingerprint density at radius 2 is 1.45 bits per heavy atom. The predicted octanol–water partition coefficient (Wildman–Crippen LogP) is 3.83. The molecule has 0 saturated heterocycles. The van der Waals surface area contributed by atoms with E-state index in [1.54, 1.807) is 0 Å². The van der Waals surface area contributed by atoms with Gasteiger partial charge in [0.2, 0.25) is 0 Å². The number of alkyl halides is 6. The van der Waals surface area contributed by atoms with Crippen LogP contribution in [0.15, 0.2) is 18.2 Å². The van der Waals surface area contributed by atoms with Crippen LogP contribution in [0.5, 0.6) is 0 Å². The molecule has 1 aromatic rings. The summed E-state index contributed by atoms with van der Waals surface area (Å²) >= 11 is 0. The number of ether oxygens (including phenoxy) is 1. The first kappa shape index (κ1) is 16.3. The van der Waals surface area contributed by atoms with Crippen molar-refractivity contribution in [2.45, 2.75) is 25.2 Å². The van der Waals surface area contributed by atoms with E-state index in [0.29, 0.717) is 12.1 Å². The molecule has 20 heavy (non-hydrogen) atoms. The van der Waals surface area contributed by atoms with Crippen molar-refractivity contribution < 1.29 is 35.9 Å². The van der Waals surface area contributed by atoms with Gasteiger partial charge in [-0.05, 0) is 30.2 Å². The highest BCUT2D eigenvalue weighted by molar-refractivity contribution is 5.69. The summed E-state index contributed by atoms with van der Waals surface area (Å²) < 4.78 is 79.5. The summed E-state index contributed by atoms with van der Waals surface area (Å²) in [6.45, 7) is 0. The average molecular weight is 300 g/mol. The Balaban J connectivity index is 3.14. The van der Waals surface area contributed by atoms with Crippen molar-refractivity contribution in [3.05, 3.63) is 34.9 Å². The zero-order valence-electron chi connectivity index (χ0n) is 10.2. The first-order chi connectivity index (χ1) is 9.04. The van der Waals surface area contributed by atoms with Crippen LogP contribution in [-0.2, 0) is 28.3 Å². The van der Waals surface area contributed by atoms with Crippen molar-refractivity contribution in [2.24, 2.45) is 0 Å². The number of hydrogen-bond donors (Lipinski definition) is 0. The van der Waals surface area contributed by atoms with Gasteiger partial charge in [0.05, 0.1) is 18.2 Å². The van der Waals surface area contributed by atoms with E-state index >= 15 is 0 Å². The molecule has 2 nitrogen and oxygen atoms in total. The van der Waals surface area contributed by atoms with Crippen molar-refractivity contribution in [3.8, 4) is 0 Å². The van der Waals surface area contributed by atoms with Gasteiger partial charge in [-0.15, -0.1) is 0 Å². The number of carbonyl (C=O) groups is 1.